The molecule has 2 rings (SSSR count). The number of hydrogen-bond donors (Lipinski definition) is 1. The van der Waals surface area contributed by atoms with Crippen LogP contribution in [0, 0.1) is 10.1 Å². The van der Waals surface area contributed by atoms with Gasteiger partial charge < -0.3 is 0 Å². The van der Waals surface area contributed by atoms with E-state index in [1.54, 1.807) is 18.2 Å². The molecule has 0 spiro atoms. The molecule has 2 aromatic rings. The van der Waals surface area contributed by atoms with E-state index in [4.69, 9.17) is 0 Å². The van der Waals surface area contributed by atoms with Crippen LogP contribution in [0.3, 0.4) is 0 Å². The van der Waals surface area contributed by atoms with Gasteiger partial charge in [-0.3, -0.25) is 19.2 Å². The molecule has 0 bridgehead atoms. The third kappa shape index (κ3) is 5.86. The summed E-state index contributed by atoms with van der Waals surface area (Å²) in [6.07, 6.45) is 2.31. The summed E-state index contributed by atoms with van der Waals surface area (Å²) in [5.41, 5.74) is 2.68. The minimum absolute atomic E-state index is 0.0108. The van der Waals surface area contributed by atoms with Crippen molar-refractivity contribution in [2.24, 2.45) is 5.10 Å². The van der Waals surface area contributed by atoms with Gasteiger partial charge >= 0.3 is 0 Å². The van der Waals surface area contributed by atoms with Crippen LogP contribution in [0.25, 0.3) is 0 Å². The van der Waals surface area contributed by atoms with Crippen LogP contribution in [0.4, 0.5) is 11.4 Å². The van der Waals surface area contributed by atoms with Gasteiger partial charge in [0.15, 0.2) is 0 Å². The second kappa shape index (κ2) is 8.73. The number of carbonyl (C=O) groups is 1. The average Bonchev–Trinajstić information content (AvgIpc) is 2.60. The Bertz CT molecular complexity index is 994. The third-order valence-electron chi connectivity index (χ3n) is 3.31. The Balaban J connectivity index is 2.15. The Morgan fingerprint density at radius 1 is 1.30 bits per heavy atom. The van der Waals surface area contributed by atoms with Gasteiger partial charge in [-0.15, -0.1) is 0 Å². The van der Waals surface area contributed by atoms with E-state index in [-0.39, 0.29) is 11.4 Å². The van der Waals surface area contributed by atoms with Crippen LogP contribution in [-0.2, 0) is 14.8 Å². The lowest BCUT2D eigenvalue weighted by Crippen LogP contribution is -2.39. The van der Waals surface area contributed by atoms with Crippen LogP contribution in [0.2, 0.25) is 0 Å². The molecule has 0 aliphatic carbocycles. The lowest BCUT2D eigenvalue weighted by molar-refractivity contribution is -0.384. The number of sulfonamides is 1. The molecule has 0 radical (unpaired) electrons. The highest BCUT2D eigenvalue weighted by molar-refractivity contribution is 9.10. The van der Waals surface area contributed by atoms with E-state index < -0.39 is 27.4 Å². The van der Waals surface area contributed by atoms with Crippen LogP contribution in [-0.4, -0.2) is 38.3 Å². The maximum absolute atomic E-state index is 12.1. The van der Waals surface area contributed by atoms with E-state index in [2.05, 4.69) is 26.5 Å². The predicted octanol–water partition coefficient (Wildman–Crippen LogP) is 2.27. The van der Waals surface area contributed by atoms with Crippen LogP contribution in [0.15, 0.2) is 58.1 Å². The quantitative estimate of drug-likeness (QED) is 0.390. The average molecular weight is 455 g/mol. The van der Waals surface area contributed by atoms with Crippen molar-refractivity contribution in [1.29, 1.82) is 0 Å². The molecule has 9 nitrogen and oxygen atoms in total. The van der Waals surface area contributed by atoms with Gasteiger partial charge in [0, 0.05) is 22.2 Å². The Morgan fingerprint density at radius 2 is 2.00 bits per heavy atom. The molecule has 0 aliphatic rings. The lowest BCUT2D eigenvalue weighted by atomic mass is 10.2. The Kier molecular flexibility index (Phi) is 6.64. The van der Waals surface area contributed by atoms with Crippen LogP contribution in [0.1, 0.15) is 5.56 Å². The first-order valence-electron chi connectivity index (χ1n) is 7.47. The number of rotatable bonds is 7. The van der Waals surface area contributed by atoms with Gasteiger partial charge in [-0.2, -0.15) is 5.10 Å². The van der Waals surface area contributed by atoms with Crippen molar-refractivity contribution in [1.82, 2.24) is 5.43 Å². The van der Waals surface area contributed by atoms with E-state index in [1.807, 2.05) is 6.07 Å². The molecular weight excluding hydrogens is 440 g/mol. The minimum Gasteiger partial charge on any atom is -0.271 e. The molecule has 142 valence electrons. The molecular formula is C16H15BrN4O5S. The number of halogens is 1. The van der Waals surface area contributed by atoms with E-state index >= 15 is 0 Å². The molecule has 0 saturated carbocycles. The molecule has 0 fully saturated rings. The summed E-state index contributed by atoms with van der Waals surface area (Å²) in [6.45, 7) is -0.576. The lowest BCUT2D eigenvalue weighted by Gasteiger charge is -2.21. The molecule has 2 aromatic carbocycles. The summed E-state index contributed by atoms with van der Waals surface area (Å²) in [6, 6.07) is 12.2. The molecule has 0 unspecified atom stereocenters. The first-order valence-corrected chi connectivity index (χ1v) is 10.1. The first kappa shape index (κ1) is 20.5. The Labute approximate surface area is 164 Å². The van der Waals surface area contributed by atoms with Crippen molar-refractivity contribution in [3.63, 3.8) is 0 Å². The standard InChI is InChI=1S/C16H15BrN4O5S/c1-27(25,26)20(13-6-4-7-14(9-13)21(23)24)11-16(22)19-18-10-12-5-2-3-8-15(12)17/h2-10H,11H2,1H3,(H,19,22)/b18-10-. The molecule has 1 amide bonds. The maximum Gasteiger partial charge on any atom is 0.271 e. The number of hydrogen-bond acceptors (Lipinski definition) is 6. The SMILES string of the molecule is CS(=O)(=O)N(CC(=O)N/N=C\c1ccccc1Br)c1cccc([N+](=O)[O-])c1. The fourth-order valence-corrected chi connectivity index (χ4v) is 3.32. The van der Waals surface area contributed by atoms with E-state index in [1.165, 1.54) is 24.4 Å². The number of anilines is 1. The normalized spacial score (nSPS) is 11.3. The van der Waals surface area contributed by atoms with Crippen LogP contribution >= 0.6 is 15.9 Å². The number of nitrogens with one attached hydrogen (secondary N) is 1. The molecule has 1 N–H and O–H groups in total. The highest BCUT2D eigenvalue weighted by Gasteiger charge is 2.22. The molecule has 11 heteroatoms. The fraction of sp³-hybridized carbons (Fsp3) is 0.125. The smallest absolute Gasteiger partial charge is 0.271 e. The van der Waals surface area contributed by atoms with Gasteiger partial charge in [-0.1, -0.05) is 40.2 Å². The first-order chi connectivity index (χ1) is 12.7. The van der Waals surface area contributed by atoms with Gasteiger partial charge in [0.1, 0.15) is 6.54 Å². The second-order valence-electron chi connectivity index (χ2n) is 5.36. The number of benzene rings is 2. The molecule has 27 heavy (non-hydrogen) atoms. The summed E-state index contributed by atoms with van der Waals surface area (Å²) in [5.74, 6) is -0.699. The van der Waals surface area contributed by atoms with Crippen LogP contribution < -0.4 is 9.73 Å². The van der Waals surface area contributed by atoms with Gasteiger partial charge in [0.2, 0.25) is 10.0 Å². The van der Waals surface area contributed by atoms with Crippen molar-refractivity contribution < 1.29 is 18.1 Å². The van der Waals surface area contributed by atoms with Crippen LogP contribution in [0.5, 0.6) is 0 Å². The molecule has 0 aliphatic heterocycles. The molecule has 0 saturated heterocycles. The van der Waals surface area contributed by atoms with Crippen molar-refractivity contribution in [2.45, 2.75) is 0 Å². The Hall–Kier alpha value is -2.79. The van der Waals surface area contributed by atoms with E-state index in [0.717, 1.165) is 26.7 Å². The summed E-state index contributed by atoms with van der Waals surface area (Å²) < 4.78 is 25.6. The van der Waals surface area contributed by atoms with Crippen molar-refractivity contribution in [3.8, 4) is 0 Å². The third-order valence-corrected chi connectivity index (χ3v) is 5.18. The number of nitro benzene ring substituents is 1. The molecule has 0 aromatic heterocycles. The minimum atomic E-state index is -3.85. The zero-order chi connectivity index (χ0) is 20.0. The zero-order valence-corrected chi connectivity index (χ0v) is 16.5. The summed E-state index contributed by atoms with van der Waals surface area (Å²) in [4.78, 5) is 22.3. The number of non-ortho nitro benzene ring substituents is 1. The van der Waals surface area contributed by atoms with Gasteiger partial charge in [-0.25, -0.2) is 13.8 Å². The number of nitro groups is 1. The molecule has 0 heterocycles. The second-order valence-corrected chi connectivity index (χ2v) is 8.12. The number of amides is 1. The highest BCUT2D eigenvalue weighted by atomic mass is 79.9. The van der Waals surface area contributed by atoms with Crippen molar-refractivity contribution in [3.05, 3.63) is 68.7 Å². The van der Waals surface area contributed by atoms with Gasteiger partial charge in [-0.05, 0) is 12.1 Å². The summed E-state index contributed by atoms with van der Waals surface area (Å²) in [7, 11) is -3.85. The predicted molar refractivity (Wildman–Crippen MR) is 105 cm³/mol. The largest absolute Gasteiger partial charge is 0.271 e. The fourth-order valence-electron chi connectivity index (χ4n) is 2.08. The van der Waals surface area contributed by atoms with E-state index in [0.29, 0.717) is 0 Å². The van der Waals surface area contributed by atoms with Gasteiger partial charge in [0.05, 0.1) is 23.1 Å². The number of nitrogens with zero attached hydrogens (tertiary/aromatic N) is 3. The Morgan fingerprint density at radius 3 is 2.63 bits per heavy atom. The maximum atomic E-state index is 12.1. The summed E-state index contributed by atoms with van der Waals surface area (Å²) >= 11 is 3.33. The highest BCUT2D eigenvalue weighted by Crippen LogP contribution is 2.22. The van der Waals surface area contributed by atoms with E-state index in [9.17, 15) is 23.3 Å². The topological polar surface area (TPSA) is 122 Å². The number of carbonyl (C=O) groups excluding carboxylic acids is 1. The monoisotopic (exact) mass is 454 g/mol. The van der Waals surface area contributed by atoms with Crippen molar-refractivity contribution in [2.75, 3.05) is 17.1 Å². The molecule has 0 atom stereocenters. The summed E-state index contributed by atoms with van der Waals surface area (Å²) in [5, 5.41) is 14.7. The number of hydrazone groups is 1. The van der Waals surface area contributed by atoms with Crippen molar-refractivity contribution >= 4 is 49.4 Å². The zero-order valence-electron chi connectivity index (χ0n) is 14.1. The van der Waals surface area contributed by atoms with Gasteiger partial charge in [0.25, 0.3) is 11.6 Å².